The van der Waals surface area contributed by atoms with E-state index in [0.717, 1.165) is 48.7 Å². The third-order valence-corrected chi connectivity index (χ3v) is 4.83. The van der Waals surface area contributed by atoms with Gasteiger partial charge in [-0.05, 0) is 18.9 Å². The highest BCUT2D eigenvalue weighted by molar-refractivity contribution is 5.82. The van der Waals surface area contributed by atoms with Crippen LogP contribution in [0.4, 0.5) is 5.82 Å². The second-order valence-electron chi connectivity index (χ2n) is 6.26. The van der Waals surface area contributed by atoms with Crippen molar-refractivity contribution in [2.24, 2.45) is 0 Å². The van der Waals surface area contributed by atoms with Crippen LogP contribution in [0.1, 0.15) is 24.6 Å². The summed E-state index contributed by atoms with van der Waals surface area (Å²) in [6, 6.07) is 3.66. The summed E-state index contributed by atoms with van der Waals surface area (Å²) in [5.74, 6) is 2.63. The molecule has 0 atom stereocenters. The summed E-state index contributed by atoms with van der Waals surface area (Å²) in [7, 11) is 1.61. The van der Waals surface area contributed by atoms with Crippen LogP contribution in [0.25, 0.3) is 16.8 Å². The summed E-state index contributed by atoms with van der Waals surface area (Å²) in [5.41, 5.74) is 2.31. The van der Waals surface area contributed by atoms with Gasteiger partial charge in [0.25, 0.3) is 0 Å². The molecule has 1 aliphatic heterocycles. The highest BCUT2D eigenvalue weighted by Crippen LogP contribution is 2.30. The summed E-state index contributed by atoms with van der Waals surface area (Å²) in [6.07, 6.45) is 5.10. The van der Waals surface area contributed by atoms with Gasteiger partial charge in [0, 0.05) is 25.1 Å². The van der Waals surface area contributed by atoms with E-state index >= 15 is 0 Å². The Bertz CT molecular complexity index is 1060. The number of methoxy groups -OCH3 is 1. The first-order valence-electron chi connectivity index (χ1n) is 8.49. The Morgan fingerprint density at radius 1 is 1.12 bits per heavy atom. The van der Waals surface area contributed by atoms with Gasteiger partial charge in [0.2, 0.25) is 5.88 Å². The Kier molecular flexibility index (Phi) is 3.40. The number of aromatic amines is 1. The number of H-pyrrole nitrogens is 1. The summed E-state index contributed by atoms with van der Waals surface area (Å²) in [4.78, 5) is 18.2. The predicted octanol–water partition coefficient (Wildman–Crippen LogP) is 1.18. The molecule has 132 valence electrons. The molecular weight excluding hydrogens is 334 g/mol. The van der Waals surface area contributed by atoms with E-state index in [9.17, 15) is 0 Å². The minimum atomic E-state index is 0.292. The maximum atomic E-state index is 5.22. The third kappa shape index (κ3) is 2.33. The average Bonchev–Trinajstić information content (AvgIpc) is 3.34. The summed E-state index contributed by atoms with van der Waals surface area (Å²) in [6.45, 7) is 1.74. The first kappa shape index (κ1) is 15.0. The number of aromatic nitrogens is 8. The van der Waals surface area contributed by atoms with Crippen molar-refractivity contribution in [2.75, 3.05) is 25.1 Å². The van der Waals surface area contributed by atoms with Gasteiger partial charge in [-0.1, -0.05) is 0 Å². The molecule has 1 aliphatic rings. The number of ether oxygens (including phenoxy) is 1. The molecule has 10 nitrogen and oxygen atoms in total. The van der Waals surface area contributed by atoms with E-state index in [1.165, 1.54) is 0 Å². The molecule has 1 saturated heterocycles. The van der Waals surface area contributed by atoms with Crippen molar-refractivity contribution in [2.45, 2.75) is 18.8 Å². The normalized spacial score (nSPS) is 15.8. The second kappa shape index (κ2) is 5.90. The van der Waals surface area contributed by atoms with Crippen molar-refractivity contribution in [1.82, 2.24) is 39.7 Å². The van der Waals surface area contributed by atoms with Crippen LogP contribution < -0.4 is 9.64 Å². The number of rotatable bonds is 3. The number of hydrogen-bond acceptors (Lipinski definition) is 8. The minimum Gasteiger partial charge on any atom is -0.480 e. The quantitative estimate of drug-likeness (QED) is 0.586. The topological polar surface area (TPSA) is 110 Å². The zero-order valence-electron chi connectivity index (χ0n) is 14.2. The lowest BCUT2D eigenvalue weighted by atomic mass is 9.96. The predicted molar refractivity (Wildman–Crippen MR) is 93.2 cm³/mol. The zero-order valence-corrected chi connectivity index (χ0v) is 14.2. The van der Waals surface area contributed by atoms with Crippen molar-refractivity contribution in [3.63, 3.8) is 0 Å². The van der Waals surface area contributed by atoms with E-state index in [4.69, 9.17) is 4.74 Å². The van der Waals surface area contributed by atoms with E-state index in [-0.39, 0.29) is 0 Å². The van der Waals surface area contributed by atoms with Crippen LogP contribution in [0.3, 0.4) is 0 Å². The number of nitrogens with zero attached hydrogens (tertiary/aromatic N) is 8. The van der Waals surface area contributed by atoms with Crippen molar-refractivity contribution < 1.29 is 4.74 Å². The van der Waals surface area contributed by atoms with Crippen LogP contribution in [0, 0.1) is 0 Å². The number of nitrogens with one attached hydrogen (secondary N) is 1. The smallest absolute Gasteiger partial charge is 0.231 e. The van der Waals surface area contributed by atoms with E-state index in [0.29, 0.717) is 17.4 Å². The Balaban J connectivity index is 1.40. The third-order valence-electron chi connectivity index (χ3n) is 4.83. The largest absolute Gasteiger partial charge is 0.480 e. The van der Waals surface area contributed by atoms with Gasteiger partial charge in [-0.3, -0.25) is 0 Å². The average molecular weight is 351 g/mol. The van der Waals surface area contributed by atoms with Crippen LogP contribution in [0.2, 0.25) is 0 Å². The molecule has 5 rings (SSSR count). The lowest BCUT2D eigenvalue weighted by Crippen LogP contribution is -2.34. The van der Waals surface area contributed by atoms with Crippen LogP contribution >= 0.6 is 0 Å². The number of anilines is 1. The van der Waals surface area contributed by atoms with E-state index in [1.807, 2.05) is 6.07 Å². The Morgan fingerprint density at radius 2 is 2.00 bits per heavy atom. The maximum absolute atomic E-state index is 5.22. The van der Waals surface area contributed by atoms with Crippen LogP contribution in [0.5, 0.6) is 5.88 Å². The molecule has 0 aliphatic carbocycles. The van der Waals surface area contributed by atoms with Crippen molar-refractivity contribution in [3.05, 3.63) is 30.6 Å². The molecule has 0 amide bonds. The standard InChI is InChI=1S/C16H17N9O/c1-26-12-3-2-11-21-22-15(25(11)23-12)10-4-6-24(7-5-10)16-13-14(18-8-17-13)19-9-20-16/h2-3,8-10H,4-7H2,1H3,(H,17,18,19,20). The second-order valence-corrected chi connectivity index (χ2v) is 6.26. The molecule has 10 heteroatoms. The number of imidazole rings is 1. The molecule has 0 aromatic carbocycles. The molecule has 0 spiro atoms. The van der Waals surface area contributed by atoms with Gasteiger partial charge < -0.3 is 14.6 Å². The molecule has 1 N–H and O–H groups in total. The molecule has 0 saturated carbocycles. The highest BCUT2D eigenvalue weighted by atomic mass is 16.5. The zero-order chi connectivity index (χ0) is 17.5. The fourth-order valence-corrected chi connectivity index (χ4v) is 3.49. The van der Waals surface area contributed by atoms with Crippen LogP contribution in [-0.4, -0.2) is 59.9 Å². The van der Waals surface area contributed by atoms with E-state index < -0.39 is 0 Å². The first-order chi connectivity index (χ1) is 12.8. The van der Waals surface area contributed by atoms with Gasteiger partial charge in [0.1, 0.15) is 11.8 Å². The molecule has 0 radical (unpaired) electrons. The fourth-order valence-electron chi connectivity index (χ4n) is 3.49. The highest BCUT2D eigenvalue weighted by Gasteiger charge is 2.27. The minimum absolute atomic E-state index is 0.292. The molecule has 5 heterocycles. The number of hydrogen-bond donors (Lipinski definition) is 1. The monoisotopic (exact) mass is 351 g/mol. The Hall–Kier alpha value is -3.30. The SMILES string of the molecule is COc1ccc2nnc(C3CCN(c4ncnc5nc[nH]c45)CC3)n2n1. The fraction of sp³-hybridized carbons (Fsp3) is 0.375. The van der Waals surface area contributed by atoms with Gasteiger partial charge >= 0.3 is 0 Å². The van der Waals surface area contributed by atoms with Gasteiger partial charge in [0.15, 0.2) is 22.9 Å². The van der Waals surface area contributed by atoms with Crippen molar-refractivity contribution in [3.8, 4) is 5.88 Å². The molecule has 4 aromatic rings. The summed E-state index contributed by atoms with van der Waals surface area (Å²) >= 11 is 0. The van der Waals surface area contributed by atoms with Crippen molar-refractivity contribution in [1.29, 1.82) is 0 Å². The van der Waals surface area contributed by atoms with Crippen LogP contribution in [0.15, 0.2) is 24.8 Å². The summed E-state index contributed by atoms with van der Waals surface area (Å²) in [5, 5.41) is 13.1. The van der Waals surface area contributed by atoms with Gasteiger partial charge in [-0.2, -0.15) is 4.52 Å². The lowest BCUT2D eigenvalue weighted by molar-refractivity contribution is 0.387. The molecule has 0 unspecified atom stereocenters. The lowest BCUT2D eigenvalue weighted by Gasteiger charge is -2.31. The summed E-state index contributed by atoms with van der Waals surface area (Å²) < 4.78 is 7.01. The van der Waals surface area contributed by atoms with E-state index in [1.54, 1.807) is 30.3 Å². The molecule has 0 bridgehead atoms. The van der Waals surface area contributed by atoms with Gasteiger partial charge in [0.05, 0.1) is 13.4 Å². The van der Waals surface area contributed by atoms with Crippen molar-refractivity contribution >= 4 is 22.6 Å². The molecule has 1 fully saturated rings. The van der Waals surface area contributed by atoms with Gasteiger partial charge in [-0.25, -0.2) is 15.0 Å². The number of fused-ring (bicyclic) bond motifs is 2. The molecular formula is C16H17N9O. The van der Waals surface area contributed by atoms with Crippen LogP contribution in [-0.2, 0) is 0 Å². The van der Waals surface area contributed by atoms with E-state index in [2.05, 4.69) is 40.1 Å². The maximum Gasteiger partial charge on any atom is 0.231 e. The molecule has 26 heavy (non-hydrogen) atoms. The van der Waals surface area contributed by atoms with Gasteiger partial charge in [-0.15, -0.1) is 15.3 Å². The number of piperidine rings is 1. The molecule has 4 aromatic heterocycles. The Labute approximate surface area is 148 Å². The Morgan fingerprint density at radius 3 is 2.85 bits per heavy atom. The first-order valence-corrected chi connectivity index (χ1v) is 8.49.